The largest absolute Gasteiger partial charge is 0.490 e. The fourth-order valence-electron chi connectivity index (χ4n) is 8.42. The van der Waals surface area contributed by atoms with Crippen molar-refractivity contribution in [3.05, 3.63) is 98.9 Å². The number of benzene rings is 3. The van der Waals surface area contributed by atoms with Crippen LogP contribution in [0.1, 0.15) is 87.1 Å². The summed E-state index contributed by atoms with van der Waals surface area (Å²) in [5, 5.41) is 5.77. The zero-order valence-corrected chi connectivity index (χ0v) is 29.9. The summed E-state index contributed by atoms with van der Waals surface area (Å²) in [5.74, 6) is -0.883. The number of amides is 5. The molecule has 2 N–H and O–H groups in total. The molecule has 5 amide bonds. The molecule has 3 aromatic carbocycles. The maximum Gasteiger partial charge on any atom is 0.262 e. The molecule has 1 unspecified atom stereocenters. The van der Waals surface area contributed by atoms with Crippen molar-refractivity contribution in [1.29, 1.82) is 0 Å². The van der Waals surface area contributed by atoms with Crippen LogP contribution in [0.25, 0.3) is 4.85 Å². The average molecular weight is 735 g/mol. The normalized spacial score (nSPS) is 23.1. The first-order valence-corrected chi connectivity index (χ1v) is 18.6. The lowest BCUT2D eigenvalue weighted by molar-refractivity contribution is -0.136. The SMILES string of the molecule is [C-]#[N+]c1ccc(O[C@H]2CC[C@@H](NC(=O)c3ccc(N4CCC(CN5Cc6cc7c(cc6C5)C(=O)N(C5CCC(=O)NC5=O)C7=O)CC4)cc3)C2)cc1Cl. The molecule has 1 aliphatic carbocycles. The van der Waals surface area contributed by atoms with Gasteiger partial charge in [0.05, 0.1) is 22.7 Å². The van der Waals surface area contributed by atoms with Crippen LogP contribution in [0.4, 0.5) is 11.4 Å². The summed E-state index contributed by atoms with van der Waals surface area (Å²) >= 11 is 6.15. The summed E-state index contributed by atoms with van der Waals surface area (Å²) in [5.41, 5.74) is 4.86. The highest BCUT2D eigenvalue weighted by Gasteiger charge is 2.45. The quantitative estimate of drug-likeness (QED) is 0.237. The number of hydrogen-bond acceptors (Lipinski definition) is 8. The molecule has 13 heteroatoms. The molecule has 0 bridgehead atoms. The van der Waals surface area contributed by atoms with Gasteiger partial charge in [0.25, 0.3) is 17.7 Å². The van der Waals surface area contributed by atoms with Crippen molar-refractivity contribution in [2.75, 3.05) is 24.5 Å². The molecule has 8 rings (SSSR count). The summed E-state index contributed by atoms with van der Waals surface area (Å²) < 4.78 is 6.07. The minimum atomic E-state index is -0.962. The van der Waals surface area contributed by atoms with Gasteiger partial charge < -0.3 is 15.0 Å². The van der Waals surface area contributed by atoms with Crippen LogP contribution in [-0.2, 0) is 22.7 Å². The number of hydrogen-bond donors (Lipinski definition) is 2. The zero-order chi connectivity index (χ0) is 36.8. The number of imide groups is 2. The molecule has 4 heterocycles. The molecule has 3 fully saturated rings. The second-order valence-corrected chi connectivity index (χ2v) is 15.1. The Bertz CT molecular complexity index is 2010. The Balaban J connectivity index is 0.793. The van der Waals surface area contributed by atoms with Crippen LogP contribution in [0.2, 0.25) is 5.02 Å². The second-order valence-electron chi connectivity index (χ2n) is 14.7. The van der Waals surface area contributed by atoms with E-state index in [9.17, 15) is 24.0 Å². The third kappa shape index (κ3) is 6.99. The molecular weight excluding hydrogens is 696 g/mol. The highest BCUT2D eigenvalue weighted by atomic mass is 35.5. The van der Waals surface area contributed by atoms with E-state index < -0.39 is 23.8 Å². The Morgan fingerprint density at radius 1 is 0.906 bits per heavy atom. The number of piperidine rings is 2. The number of anilines is 1. The van der Waals surface area contributed by atoms with Gasteiger partial charge in [-0.3, -0.25) is 39.1 Å². The van der Waals surface area contributed by atoms with E-state index in [0.29, 0.717) is 58.6 Å². The van der Waals surface area contributed by atoms with E-state index >= 15 is 0 Å². The monoisotopic (exact) mass is 734 g/mol. The number of nitrogens with zero attached hydrogens (tertiary/aromatic N) is 4. The number of rotatable bonds is 8. The van der Waals surface area contributed by atoms with Crippen LogP contribution >= 0.6 is 11.6 Å². The second kappa shape index (κ2) is 14.3. The van der Waals surface area contributed by atoms with E-state index in [1.54, 1.807) is 18.2 Å². The smallest absolute Gasteiger partial charge is 0.262 e. The van der Waals surface area contributed by atoms with Gasteiger partial charge in [-0.2, -0.15) is 0 Å². The Labute approximate surface area is 312 Å². The fourth-order valence-corrected chi connectivity index (χ4v) is 8.63. The van der Waals surface area contributed by atoms with E-state index in [4.69, 9.17) is 22.9 Å². The molecule has 0 spiro atoms. The Morgan fingerprint density at radius 3 is 2.25 bits per heavy atom. The predicted molar refractivity (Wildman–Crippen MR) is 196 cm³/mol. The van der Waals surface area contributed by atoms with Gasteiger partial charge in [-0.1, -0.05) is 17.7 Å². The molecule has 272 valence electrons. The lowest BCUT2D eigenvalue weighted by Crippen LogP contribution is -2.54. The number of carbonyl (C=O) groups excluding carboxylic acids is 5. The van der Waals surface area contributed by atoms with Gasteiger partial charge in [0.15, 0.2) is 0 Å². The zero-order valence-electron chi connectivity index (χ0n) is 29.1. The molecule has 3 aromatic rings. The third-order valence-electron chi connectivity index (χ3n) is 11.2. The van der Waals surface area contributed by atoms with Crippen LogP contribution in [-0.4, -0.2) is 77.2 Å². The van der Waals surface area contributed by atoms with E-state index in [1.807, 2.05) is 36.4 Å². The number of carbonyl (C=O) groups is 5. The standard InChI is InChI=1S/C40H39ClN6O6/c1-42-34-9-8-30(19-33(34)41)53-29-7-4-27(18-29)43-37(49)24-2-5-28(6-3-24)46-14-12-23(13-15-46)20-45-21-25-16-31-32(17-26(25)22-45)40(52)47(39(31)51)35-10-11-36(48)44-38(35)50/h2-3,5-6,8-9,16-17,19,23,27,29,35H,4,7,10-15,18,20-22H2,(H,43,49)(H,44,48,50)/t27-,29+,35?/m1/s1. The van der Waals surface area contributed by atoms with Gasteiger partial charge in [0, 0.05) is 62.9 Å². The molecule has 53 heavy (non-hydrogen) atoms. The lowest BCUT2D eigenvalue weighted by Gasteiger charge is -2.35. The van der Waals surface area contributed by atoms with Gasteiger partial charge >= 0.3 is 0 Å². The van der Waals surface area contributed by atoms with Gasteiger partial charge in [-0.25, -0.2) is 4.85 Å². The minimum Gasteiger partial charge on any atom is -0.490 e. The highest BCUT2D eigenvalue weighted by molar-refractivity contribution is 6.33. The Morgan fingerprint density at radius 2 is 1.60 bits per heavy atom. The van der Waals surface area contributed by atoms with E-state index in [-0.39, 0.29) is 36.8 Å². The van der Waals surface area contributed by atoms with Gasteiger partial charge in [0.2, 0.25) is 17.5 Å². The highest BCUT2D eigenvalue weighted by Crippen LogP contribution is 2.35. The molecule has 1 saturated carbocycles. The van der Waals surface area contributed by atoms with Crippen LogP contribution in [0.15, 0.2) is 54.6 Å². The summed E-state index contributed by atoms with van der Waals surface area (Å²) in [4.78, 5) is 72.8. The van der Waals surface area contributed by atoms with Crippen LogP contribution in [0, 0.1) is 12.5 Å². The molecule has 4 aliphatic heterocycles. The first kappa shape index (κ1) is 34.8. The summed E-state index contributed by atoms with van der Waals surface area (Å²) in [6, 6.07) is 15.6. The molecular formula is C40H39ClN6O6. The fraction of sp³-hybridized carbons (Fsp3) is 0.400. The minimum absolute atomic E-state index is 0.0220. The van der Waals surface area contributed by atoms with Crippen molar-refractivity contribution in [3.8, 4) is 5.75 Å². The Kier molecular flexibility index (Phi) is 9.39. The third-order valence-corrected chi connectivity index (χ3v) is 11.5. The summed E-state index contributed by atoms with van der Waals surface area (Å²) in [6.07, 6.45) is 4.63. The van der Waals surface area contributed by atoms with Gasteiger partial charge in [0.1, 0.15) is 17.9 Å². The predicted octanol–water partition coefficient (Wildman–Crippen LogP) is 5.25. The first-order chi connectivity index (χ1) is 25.6. The van der Waals surface area contributed by atoms with Crippen molar-refractivity contribution in [2.24, 2.45) is 5.92 Å². The van der Waals surface area contributed by atoms with Crippen molar-refractivity contribution in [3.63, 3.8) is 0 Å². The summed E-state index contributed by atoms with van der Waals surface area (Å²) in [6.45, 7) is 11.3. The van der Waals surface area contributed by atoms with Crippen LogP contribution in [0.5, 0.6) is 5.75 Å². The number of halogens is 1. The van der Waals surface area contributed by atoms with Gasteiger partial charge in [-0.15, -0.1) is 0 Å². The van der Waals surface area contributed by atoms with E-state index in [2.05, 4.69) is 25.3 Å². The number of ether oxygens (including phenoxy) is 1. The number of fused-ring (bicyclic) bond motifs is 2. The lowest BCUT2D eigenvalue weighted by atomic mass is 9.95. The molecule has 2 saturated heterocycles. The van der Waals surface area contributed by atoms with Gasteiger partial charge in [-0.05, 0) is 97.7 Å². The average Bonchev–Trinajstić information content (AvgIpc) is 3.83. The topological polar surface area (TPSA) is 133 Å². The van der Waals surface area contributed by atoms with Crippen LogP contribution in [0.3, 0.4) is 0 Å². The van der Waals surface area contributed by atoms with Crippen molar-refractivity contribution in [1.82, 2.24) is 20.4 Å². The van der Waals surface area contributed by atoms with Crippen LogP contribution < -0.4 is 20.3 Å². The molecule has 12 nitrogen and oxygen atoms in total. The van der Waals surface area contributed by atoms with Crippen molar-refractivity contribution in [2.45, 2.75) is 76.2 Å². The Hall–Kier alpha value is -5.25. The molecule has 0 aromatic heterocycles. The maximum absolute atomic E-state index is 13.3. The molecule has 5 aliphatic rings. The van der Waals surface area contributed by atoms with E-state index in [1.165, 1.54) is 0 Å². The molecule has 3 atom stereocenters. The number of nitrogens with one attached hydrogen (secondary N) is 2. The van der Waals surface area contributed by atoms with Crippen molar-refractivity contribution >= 4 is 52.5 Å². The summed E-state index contributed by atoms with van der Waals surface area (Å²) in [7, 11) is 0. The maximum atomic E-state index is 13.3. The molecule has 0 radical (unpaired) electrons. The van der Waals surface area contributed by atoms with E-state index in [0.717, 1.165) is 67.0 Å². The first-order valence-electron chi connectivity index (χ1n) is 18.2. The van der Waals surface area contributed by atoms with Crippen molar-refractivity contribution < 1.29 is 28.7 Å².